The van der Waals surface area contributed by atoms with Gasteiger partial charge >= 0.3 is 0 Å². The molecule has 1 amide bonds. The molecule has 0 aliphatic rings. The van der Waals surface area contributed by atoms with Crippen molar-refractivity contribution in [2.45, 2.75) is 39.8 Å². The molecule has 4 heteroatoms. The molecule has 0 fully saturated rings. The summed E-state index contributed by atoms with van der Waals surface area (Å²) >= 11 is 0. The molecule has 0 saturated heterocycles. The molecule has 0 aliphatic heterocycles. The summed E-state index contributed by atoms with van der Waals surface area (Å²) < 4.78 is 0. The first kappa shape index (κ1) is 15.7. The number of nitrogens with two attached hydrogens (primary N) is 1. The average molecular weight is 263 g/mol. The second-order valence-electron chi connectivity index (χ2n) is 5.29. The largest absolute Gasteiger partial charge is 0.324 e. The van der Waals surface area contributed by atoms with Gasteiger partial charge in [-0.15, -0.1) is 0 Å². The third kappa shape index (κ3) is 4.65. The highest BCUT2D eigenvalue weighted by Crippen LogP contribution is 2.18. The summed E-state index contributed by atoms with van der Waals surface area (Å²) in [5.41, 5.74) is 6.90. The van der Waals surface area contributed by atoms with Gasteiger partial charge in [0.25, 0.3) is 0 Å². The summed E-state index contributed by atoms with van der Waals surface area (Å²) in [7, 11) is 0. The van der Waals surface area contributed by atoms with E-state index in [4.69, 9.17) is 5.73 Å². The summed E-state index contributed by atoms with van der Waals surface area (Å²) in [5.74, 6) is -0.167. The van der Waals surface area contributed by atoms with Crippen molar-refractivity contribution in [1.29, 1.82) is 0 Å². The number of rotatable bonds is 6. The van der Waals surface area contributed by atoms with Crippen LogP contribution in [-0.2, 0) is 11.3 Å². The summed E-state index contributed by atoms with van der Waals surface area (Å²) in [6, 6.07) is 7.87. The van der Waals surface area contributed by atoms with Crippen molar-refractivity contribution in [3.63, 3.8) is 0 Å². The zero-order chi connectivity index (χ0) is 14.5. The number of benzene rings is 1. The third-order valence-corrected chi connectivity index (χ3v) is 3.14. The van der Waals surface area contributed by atoms with E-state index in [-0.39, 0.29) is 5.91 Å². The van der Waals surface area contributed by atoms with Gasteiger partial charge in [0, 0.05) is 12.2 Å². The van der Waals surface area contributed by atoms with E-state index in [0.717, 1.165) is 30.9 Å². The van der Waals surface area contributed by atoms with Crippen molar-refractivity contribution in [1.82, 2.24) is 4.90 Å². The SMILES string of the molecule is CCN(CC)Cc1ccccc1NC(=O)C(C)(C)N. The Morgan fingerprint density at radius 1 is 1.26 bits per heavy atom. The van der Waals surface area contributed by atoms with Gasteiger partial charge in [0.2, 0.25) is 5.91 Å². The lowest BCUT2D eigenvalue weighted by Crippen LogP contribution is -2.45. The lowest BCUT2D eigenvalue weighted by atomic mass is 10.1. The Kier molecular flexibility index (Phi) is 5.51. The van der Waals surface area contributed by atoms with Gasteiger partial charge in [0.15, 0.2) is 0 Å². The van der Waals surface area contributed by atoms with Crippen molar-refractivity contribution in [2.75, 3.05) is 18.4 Å². The quantitative estimate of drug-likeness (QED) is 0.827. The Labute approximate surface area is 116 Å². The molecule has 19 heavy (non-hydrogen) atoms. The van der Waals surface area contributed by atoms with E-state index in [9.17, 15) is 4.79 Å². The molecular formula is C15H25N3O. The fraction of sp³-hybridized carbons (Fsp3) is 0.533. The van der Waals surface area contributed by atoms with E-state index in [0.29, 0.717) is 0 Å². The molecule has 4 nitrogen and oxygen atoms in total. The highest BCUT2D eigenvalue weighted by molar-refractivity contribution is 5.97. The van der Waals surface area contributed by atoms with E-state index in [1.807, 2.05) is 24.3 Å². The van der Waals surface area contributed by atoms with Crippen LogP contribution in [0.15, 0.2) is 24.3 Å². The van der Waals surface area contributed by atoms with Crippen LogP contribution in [0.1, 0.15) is 33.3 Å². The maximum absolute atomic E-state index is 12.0. The van der Waals surface area contributed by atoms with Gasteiger partial charge in [0.05, 0.1) is 5.54 Å². The monoisotopic (exact) mass is 263 g/mol. The van der Waals surface area contributed by atoms with E-state index in [1.165, 1.54) is 0 Å². The average Bonchev–Trinajstić information content (AvgIpc) is 2.36. The number of hydrogen-bond donors (Lipinski definition) is 2. The second kappa shape index (κ2) is 6.68. The van der Waals surface area contributed by atoms with Gasteiger partial charge < -0.3 is 11.1 Å². The molecule has 0 heterocycles. The topological polar surface area (TPSA) is 58.4 Å². The summed E-state index contributed by atoms with van der Waals surface area (Å²) in [5, 5.41) is 2.91. The normalized spacial score (nSPS) is 11.7. The first-order valence-corrected chi connectivity index (χ1v) is 6.79. The van der Waals surface area contributed by atoms with Crippen LogP contribution < -0.4 is 11.1 Å². The maximum Gasteiger partial charge on any atom is 0.243 e. The van der Waals surface area contributed by atoms with Crippen LogP contribution in [0.3, 0.4) is 0 Å². The minimum Gasteiger partial charge on any atom is -0.324 e. The molecule has 106 valence electrons. The van der Waals surface area contributed by atoms with E-state index in [2.05, 4.69) is 24.1 Å². The minimum absolute atomic E-state index is 0.167. The second-order valence-corrected chi connectivity index (χ2v) is 5.29. The molecule has 0 aromatic heterocycles. The van der Waals surface area contributed by atoms with Crippen LogP contribution in [0.4, 0.5) is 5.69 Å². The number of amides is 1. The van der Waals surface area contributed by atoms with Gasteiger partial charge in [-0.25, -0.2) is 0 Å². The number of nitrogens with one attached hydrogen (secondary N) is 1. The fourth-order valence-corrected chi connectivity index (χ4v) is 1.75. The van der Waals surface area contributed by atoms with Crippen LogP contribution >= 0.6 is 0 Å². The first-order valence-electron chi connectivity index (χ1n) is 6.79. The van der Waals surface area contributed by atoms with Crippen LogP contribution in [0.2, 0.25) is 0 Å². The fourth-order valence-electron chi connectivity index (χ4n) is 1.75. The molecule has 0 aliphatic carbocycles. The first-order chi connectivity index (χ1) is 8.88. The molecule has 3 N–H and O–H groups in total. The summed E-state index contributed by atoms with van der Waals surface area (Å²) in [6.07, 6.45) is 0. The smallest absolute Gasteiger partial charge is 0.243 e. The summed E-state index contributed by atoms with van der Waals surface area (Å²) in [4.78, 5) is 14.3. The highest BCUT2D eigenvalue weighted by Gasteiger charge is 2.22. The molecule has 0 saturated carbocycles. The molecule has 1 rings (SSSR count). The number of nitrogens with zero attached hydrogens (tertiary/aromatic N) is 1. The Hall–Kier alpha value is -1.39. The van der Waals surface area contributed by atoms with Crippen LogP contribution in [-0.4, -0.2) is 29.4 Å². The lowest BCUT2D eigenvalue weighted by Gasteiger charge is -2.22. The van der Waals surface area contributed by atoms with Gasteiger partial charge in [-0.05, 0) is 38.6 Å². The Morgan fingerprint density at radius 2 is 1.84 bits per heavy atom. The van der Waals surface area contributed by atoms with Gasteiger partial charge in [-0.2, -0.15) is 0 Å². The number of carbonyl (C=O) groups is 1. The Bertz CT molecular complexity index is 420. The minimum atomic E-state index is -0.873. The standard InChI is InChI=1S/C15H25N3O/c1-5-18(6-2)11-12-9-7-8-10-13(12)17-14(19)15(3,4)16/h7-10H,5-6,11,16H2,1-4H3,(H,17,19). The van der Waals surface area contributed by atoms with Gasteiger partial charge in [-0.1, -0.05) is 32.0 Å². The number of para-hydroxylation sites is 1. The van der Waals surface area contributed by atoms with Crippen molar-refractivity contribution in [3.8, 4) is 0 Å². The molecule has 0 radical (unpaired) electrons. The maximum atomic E-state index is 12.0. The van der Waals surface area contributed by atoms with Crippen molar-refractivity contribution < 1.29 is 4.79 Å². The molecule has 1 aromatic carbocycles. The number of carbonyl (C=O) groups excluding carboxylic acids is 1. The number of hydrogen-bond acceptors (Lipinski definition) is 3. The Morgan fingerprint density at radius 3 is 2.37 bits per heavy atom. The summed E-state index contributed by atoms with van der Waals surface area (Å²) in [6.45, 7) is 10.5. The molecule has 0 bridgehead atoms. The van der Waals surface area contributed by atoms with E-state index < -0.39 is 5.54 Å². The van der Waals surface area contributed by atoms with Crippen molar-refractivity contribution in [2.24, 2.45) is 5.73 Å². The zero-order valence-corrected chi connectivity index (χ0v) is 12.4. The van der Waals surface area contributed by atoms with Gasteiger partial charge in [-0.3, -0.25) is 9.69 Å². The molecule has 0 atom stereocenters. The predicted molar refractivity (Wildman–Crippen MR) is 80.0 cm³/mol. The van der Waals surface area contributed by atoms with Crippen LogP contribution in [0.5, 0.6) is 0 Å². The predicted octanol–water partition coefficient (Wildman–Crippen LogP) is 2.20. The molecule has 0 unspecified atom stereocenters. The highest BCUT2D eigenvalue weighted by atomic mass is 16.2. The lowest BCUT2D eigenvalue weighted by molar-refractivity contribution is -0.120. The Balaban J connectivity index is 2.87. The van der Waals surface area contributed by atoms with Gasteiger partial charge in [0.1, 0.15) is 0 Å². The molecule has 0 spiro atoms. The van der Waals surface area contributed by atoms with Crippen LogP contribution in [0, 0.1) is 0 Å². The van der Waals surface area contributed by atoms with E-state index >= 15 is 0 Å². The van der Waals surface area contributed by atoms with Crippen LogP contribution in [0.25, 0.3) is 0 Å². The molecular weight excluding hydrogens is 238 g/mol. The third-order valence-electron chi connectivity index (χ3n) is 3.14. The van der Waals surface area contributed by atoms with Crippen molar-refractivity contribution in [3.05, 3.63) is 29.8 Å². The van der Waals surface area contributed by atoms with Crippen molar-refractivity contribution >= 4 is 11.6 Å². The molecule has 1 aromatic rings. The number of anilines is 1. The zero-order valence-electron chi connectivity index (χ0n) is 12.4. The van der Waals surface area contributed by atoms with E-state index in [1.54, 1.807) is 13.8 Å².